The molecule has 0 bridgehead atoms. The van der Waals surface area contributed by atoms with Crippen molar-refractivity contribution in [3.63, 3.8) is 0 Å². The highest BCUT2D eigenvalue weighted by Gasteiger charge is 2.27. The Kier molecular flexibility index (Phi) is 5.79. The van der Waals surface area contributed by atoms with Gasteiger partial charge in [-0.15, -0.1) is 0 Å². The average molecular weight is 531 g/mol. The summed E-state index contributed by atoms with van der Waals surface area (Å²) in [6.07, 6.45) is 7.36. The van der Waals surface area contributed by atoms with Crippen LogP contribution >= 0.6 is 0 Å². The number of H-pyrrole nitrogens is 1. The second kappa shape index (κ2) is 9.18. The number of halogens is 2. The van der Waals surface area contributed by atoms with Crippen molar-refractivity contribution in [1.82, 2.24) is 24.9 Å². The molecule has 8 nitrogen and oxygen atoms in total. The van der Waals surface area contributed by atoms with Gasteiger partial charge < -0.3 is 4.98 Å². The first-order chi connectivity index (χ1) is 18.3. The number of sulfone groups is 1. The van der Waals surface area contributed by atoms with E-state index in [1.807, 2.05) is 6.07 Å². The Hall–Kier alpha value is -4.38. The molecular weight excluding hydrogens is 510 g/mol. The van der Waals surface area contributed by atoms with Crippen LogP contribution in [0, 0.1) is 11.6 Å². The van der Waals surface area contributed by atoms with Crippen LogP contribution in [0.15, 0.2) is 66.3 Å². The van der Waals surface area contributed by atoms with Gasteiger partial charge >= 0.3 is 0 Å². The maximum Gasteiger partial charge on any atom is 0.157 e. The Labute approximate surface area is 216 Å². The maximum absolute atomic E-state index is 15.8. The molecule has 38 heavy (non-hydrogen) atoms. The summed E-state index contributed by atoms with van der Waals surface area (Å²) in [6, 6.07) is 9.60. The minimum Gasteiger partial charge on any atom is -0.337 e. The molecule has 5 aromatic rings. The molecule has 2 aromatic carbocycles. The van der Waals surface area contributed by atoms with Crippen LogP contribution in [-0.2, 0) is 22.8 Å². The molecule has 1 N–H and O–H groups in total. The zero-order valence-corrected chi connectivity index (χ0v) is 20.9. The second-order valence-corrected chi connectivity index (χ2v) is 11.4. The summed E-state index contributed by atoms with van der Waals surface area (Å²) < 4.78 is 53.5. The summed E-state index contributed by atoms with van der Waals surface area (Å²) in [5.41, 5.74) is 4.88. The third-order valence-electron chi connectivity index (χ3n) is 6.36. The smallest absolute Gasteiger partial charge is 0.157 e. The van der Waals surface area contributed by atoms with Crippen LogP contribution in [0.25, 0.3) is 33.4 Å². The van der Waals surface area contributed by atoms with Crippen molar-refractivity contribution in [2.75, 3.05) is 12.0 Å². The van der Waals surface area contributed by atoms with E-state index < -0.39 is 21.5 Å². The van der Waals surface area contributed by atoms with Gasteiger partial charge in [0.15, 0.2) is 5.82 Å². The maximum atomic E-state index is 15.8. The molecule has 1 aliphatic heterocycles. The van der Waals surface area contributed by atoms with E-state index in [9.17, 15) is 12.8 Å². The Balaban J connectivity index is 1.42. The SMILES string of the molecule is CS(=O)(=O)CCc1cc(F)cc(-c2nccc3[nH]c(C4=NCc5ccc(-c6cncnc6)c(F)c54)nc23)c1. The number of hydrogen-bond acceptors (Lipinski definition) is 7. The number of nitrogens with zero attached hydrogens (tertiary/aromatic N) is 5. The van der Waals surface area contributed by atoms with E-state index in [-0.39, 0.29) is 12.2 Å². The van der Waals surface area contributed by atoms with Gasteiger partial charge in [0.1, 0.15) is 39.0 Å². The first-order valence-electron chi connectivity index (χ1n) is 11.7. The predicted molar refractivity (Wildman–Crippen MR) is 139 cm³/mol. The zero-order valence-electron chi connectivity index (χ0n) is 20.1. The highest BCUT2D eigenvalue weighted by atomic mass is 32.2. The zero-order chi connectivity index (χ0) is 26.4. The number of benzene rings is 2. The number of aryl methyl sites for hydroxylation is 1. The van der Waals surface area contributed by atoms with Gasteiger partial charge in [-0.05, 0) is 41.8 Å². The lowest BCUT2D eigenvalue weighted by atomic mass is 9.98. The van der Waals surface area contributed by atoms with Gasteiger partial charge in [0.05, 0.1) is 23.5 Å². The summed E-state index contributed by atoms with van der Waals surface area (Å²) in [6.45, 7) is 0.308. The number of imidazole rings is 1. The third-order valence-corrected chi connectivity index (χ3v) is 7.31. The highest BCUT2D eigenvalue weighted by Crippen LogP contribution is 2.33. The fourth-order valence-corrected chi connectivity index (χ4v) is 5.20. The molecule has 6 rings (SSSR count). The normalized spacial score (nSPS) is 13.1. The quantitative estimate of drug-likeness (QED) is 0.350. The molecule has 0 amide bonds. The number of aromatic nitrogens is 5. The van der Waals surface area contributed by atoms with Crippen molar-refractivity contribution in [2.45, 2.75) is 13.0 Å². The number of nitrogens with one attached hydrogen (secondary N) is 1. The Morgan fingerprint density at radius 2 is 1.84 bits per heavy atom. The summed E-state index contributed by atoms with van der Waals surface area (Å²) in [5.74, 6) is -0.675. The van der Waals surface area contributed by atoms with Gasteiger partial charge in [0.25, 0.3) is 0 Å². The third kappa shape index (κ3) is 4.45. The van der Waals surface area contributed by atoms with Crippen LogP contribution in [0.4, 0.5) is 8.78 Å². The number of aromatic amines is 1. The van der Waals surface area contributed by atoms with E-state index >= 15 is 4.39 Å². The van der Waals surface area contributed by atoms with Crippen LogP contribution in [0.3, 0.4) is 0 Å². The van der Waals surface area contributed by atoms with Crippen LogP contribution in [-0.4, -0.2) is 51.1 Å². The summed E-state index contributed by atoms with van der Waals surface area (Å²) in [4.78, 5) is 24.9. The summed E-state index contributed by atoms with van der Waals surface area (Å²) >= 11 is 0. The lowest BCUT2D eigenvalue weighted by Crippen LogP contribution is -2.07. The Bertz CT molecular complexity index is 1850. The molecule has 0 fully saturated rings. The average Bonchev–Trinajstić information content (AvgIpc) is 3.52. The molecule has 0 saturated heterocycles. The van der Waals surface area contributed by atoms with Crippen LogP contribution < -0.4 is 0 Å². The number of fused-ring (bicyclic) bond motifs is 2. The van der Waals surface area contributed by atoms with Crippen molar-refractivity contribution < 1.29 is 17.2 Å². The molecule has 4 heterocycles. The molecule has 190 valence electrons. The minimum absolute atomic E-state index is 0.0953. The van der Waals surface area contributed by atoms with Crippen molar-refractivity contribution in [3.8, 4) is 22.4 Å². The van der Waals surface area contributed by atoms with Crippen molar-refractivity contribution in [2.24, 2.45) is 4.99 Å². The van der Waals surface area contributed by atoms with Crippen molar-refractivity contribution in [3.05, 3.63) is 95.5 Å². The number of pyridine rings is 1. The van der Waals surface area contributed by atoms with E-state index in [0.717, 1.165) is 11.8 Å². The van der Waals surface area contributed by atoms with Crippen molar-refractivity contribution >= 4 is 26.6 Å². The topological polar surface area (TPSA) is 114 Å². The first-order valence-corrected chi connectivity index (χ1v) is 13.8. The van der Waals surface area contributed by atoms with Crippen LogP contribution in [0.2, 0.25) is 0 Å². The molecule has 1 aliphatic rings. The molecule has 11 heteroatoms. The number of rotatable bonds is 6. The van der Waals surface area contributed by atoms with E-state index in [2.05, 4.69) is 24.9 Å². The fraction of sp³-hybridized carbons (Fsp3) is 0.148. The fourth-order valence-electron chi connectivity index (χ4n) is 4.59. The number of aliphatic imine (C=N–C) groups is 1. The van der Waals surface area contributed by atoms with Crippen LogP contribution in [0.1, 0.15) is 22.5 Å². The van der Waals surface area contributed by atoms with Gasteiger partial charge in [0, 0.05) is 47.1 Å². The number of hydrogen-bond donors (Lipinski definition) is 1. The van der Waals surface area contributed by atoms with E-state index in [1.54, 1.807) is 36.8 Å². The molecule has 0 saturated carbocycles. The minimum atomic E-state index is -3.21. The molecule has 3 aromatic heterocycles. The molecule has 0 radical (unpaired) electrons. The standard InChI is InChI=1S/C27H20F2N6O2S/c1-38(36,37)7-5-15-8-17(10-19(28)9-15)24-25-21(4-6-32-24)34-27(35-25)26-22-16(13-33-26)2-3-20(23(22)29)18-11-30-14-31-12-18/h2-4,6,8-12,14H,5,7,13H2,1H3,(H,34,35). The molecule has 0 aliphatic carbocycles. The Morgan fingerprint density at radius 3 is 2.63 bits per heavy atom. The van der Waals surface area contributed by atoms with E-state index in [1.165, 1.54) is 18.5 Å². The molecule has 0 atom stereocenters. The summed E-state index contributed by atoms with van der Waals surface area (Å²) in [7, 11) is -3.21. The van der Waals surface area contributed by atoms with Gasteiger partial charge in [-0.2, -0.15) is 0 Å². The lowest BCUT2D eigenvalue weighted by molar-refractivity contribution is 0.600. The van der Waals surface area contributed by atoms with Gasteiger partial charge in [-0.1, -0.05) is 12.1 Å². The largest absolute Gasteiger partial charge is 0.337 e. The molecular formula is C27H20F2N6O2S. The van der Waals surface area contributed by atoms with Crippen molar-refractivity contribution in [1.29, 1.82) is 0 Å². The predicted octanol–water partition coefficient (Wildman–Crippen LogP) is 4.30. The van der Waals surface area contributed by atoms with Gasteiger partial charge in [-0.3, -0.25) is 9.98 Å². The monoisotopic (exact) mass is 530 g/mol. The first kappa shape index (κ1) is 24.0. The summed E-state index contributed by atoms with van der Waals surface area (Å²) in [5, 5.41) is 0. The highest BCUT2D eigenvalue weighted by molar-refractivity contribution is 7.90. The van der Waals surface area contributed by atoms with Crippen LogP contribution in [0.5, 0.6) is 0 Å². The molecule has 0 spiro atoms. The van der Waals surface area contributed by atoms with E-state index in [0.29, 0.717) is 62.6 Å². The molecule has 0 unspecified atom stereocenters. The second-order valence-electron chi connectivity index (χ2n) is 9.12. The Morgan fingerprint density at radius 1 is 1.03 bits per heavy atom. The lowest BCUT2D eigenvalue weighted by Gasteiger charge is -2.08. The van der Waals surface area contributed by atoms with Gasteiger partial charge in [-0.25, -0.2) is 32.2 Å². The van der Waals surface area contributed by atoms with E-state index in [4.69, 9.17) is 4.98 Å². The van der Waals surface area contributed by atoms with Gasteiger partial charge in [0.2, 0.25) is 0 Å².